The molecule has 0 aliphatic rings. The van der Waals surface area contributed by atoms with Gasteiger partial charge in [-0.05, 0) is 55.5 Å². The zero-order valence-corrected chi connectivity index (χ0v) is 16.1. The molecular weight excluding hydrogens is 396 g/mol. The van der Waals surface area contributed by atoms with Crippen LogP contribution in [0.4, 0.5) is 14.5 Å². The van der Waals surface area contributed by atoms with E-state index in [-0.39, 0.29) is 23.3 Å². The van der Waals surface area contributed by atoms with E-state index in [1.165, 1.54) is 48.2 Å². The largest absolute Gasteiger partial charge is 0.325 e. The molecule has 4 aromatic rings. The number of carbonyl (C=O) groups excluding carboxylic acids is 1. The number of nitrogens with zero attached hydrogens (tertiary/aromatic N) is 4. The smallest absolute Gasteiger partial charge is 0.234 e. The highest BCUT2D eigenvalue weighted by atomic mass is 32.2. The minimum absolute atomic E-state index is 0.0822. The average molecular weight is 411 g/mol. The number of rotatable bonds is 5. The van der Waals surface area contributed by atoms with Crippen molar-refractivity contribution in [3.8, 4) is 5.69 Å². The number of benzene rings is 2. The molecule has 29 heavy (non-hydrogen) atoms. The molecule has 0 spiro atoms. The van der Waals surface area contributed by atoms with Crippen molar-refractivity contribution in [2.45, 2.75) is 11.9 Å². The van der Waals surface area contributed by atoms with Gasteiger partial charge in [-0.3, -0.25) is 4.79 Å². The Morgan fingerprint density at radius 3 is 2.38 bits per heavy atom. The number of aromatic nitrogens is 4. The van der Waals surface area contributed by atoms with E-state index in [0.717, 1.165) is 5.39 Å². The molecule has 6 nitrogen and oxygen atoms in total. The maximum Gasteiger partial charge on any atom is 0.234 e. The summed E-state index contributed by atoms with van der Waals surface area (Å²) in [6.07, 6.45) is 1.67. The predicted molar refractivity (Wildman–Crippen MR) is 107 cm³/mol. The van der Waals surface area contributed by atoms with Crippen LogP contribution >= 0.6 is 11.8 Å². The van der Waals surface area contributed by atoms with Crippen LogP contribution in [0.2, 0.25) is 0 Å². The Hall–Kier alpha value is -3.33. The summed E-state index contributed by atoms with van der Waals surface area (Å²) in [6.45, 7) is 1.82. The molecule has 4 rings (SSSR count). The fourth-order valence-electron chi connectivity index (χ4n) is 2.78. The van der Waals surface area contributed by atoms with E-state index in [0.29, 0.717) is 27.6 Å². The van der Waals surface area contributed by atoms with Gasteiger partial charge in [0.05, 0.1) is 23.3 Å². The van der Waals surface area contributed by atoms with Crippen molar-refractivity contribution in [3.05, 3.63) is 72.1 Å². The van der Waals surface area contributed by atoms with Crippen molar-refractivity contribution in [3.63, 3.8) is 0 Å². The predicted octanol–water partition coefficient (Wildman–Crippen LogP) is 4.13. The van der Waals surface area contributed by atoms with Gasteiger partial charge in [0, 0.05) is 11.1 Å². The third-order valence-corrected chi connectivity index (χ3v) is 5.15. The van der Waals surface area contributed by atoms with Crippen LogP contribution in [-0.4, -0.2) is 31.6 Å². The van der Waals surface area contributed by atoms with Crippen LogP contribution in [0.15, 0.2) is 59.8 Å². The van der Waals surface area contributed by atoms with Crippen molar-refractivity contribution in [2.75, 3.05) is 11.1 Å². The molecular formula is C20H15F2N5OS. The summed E-state index contributed by atoms with van der Waals surface area (Å²) >= 11 is 1.21. The molecule has 2 aromatic heterocycles. The molecule has 1 amide bonds. The highest BCUT2D eigenvalue weighted by Gasteiger charge is 2.16. The lowest BCUT2D eigenvalue weighted by Gasteiger charge is -2.08. The van der Waals surface area contributed by atoms with E-state index in [1.807, 2.05) is 6.92 Å². The topological polar surface area (TPSA) is 72.7 Å². The van der Waals surface area contributed by atoms with Gasteiger partial charge < -0.3 is 5.32 Å². The van der Waals surface area contributed by atoms with Gasteiger partial charge in [-0.2, -0.15) is 10.2 Å². The first-order valence-corrected chi connectivity index (χ1v) is 9.65. The third-order valence-electron chi connectivity index (χ3n) is 4.19. The second-order valence-electron chi connectivity index (χ2n) is 6.23. The molecule has 2 heterocycles. The fraction of sp³-hybridized carbons (Fsp3) is 0.100. The number of anilines is 1. The first-order chi connectivity index (χ1) is 14.0. The average Bonchev–Trinajstić information content (AvgIpc) is 3.16. The van der Waals surface area contributed by atoms with Crippen molar-refractivity contribution in [2.24, 2.45) is 0 Å². The number of carbonyl (C=O) groups is 1. The minimum Gasteiger partial charge on any atom is -0.325 e. The van der Waals surface area contributed by atoms with E-state index in [4.69, 9.17) is 0 Å². The van der Waals surface area contributed by atoms with E-state index in [2.05, 4.69) is 20.6 Å². The summed E-state index contributed by atoms with van der Waals surface area (Å²) in [5, 5.41) is 16.8. The van der Waals surface area contributed by atoms with Gasteiger partial charge in [-0.1, -0.05) is 11.8 Å². The second-order valence-corrected chi connectivity index (χ2v) is 7.19. The van der Waals surface area contributed by atoms with Crippen molar-refractivity contribution in [1.82, 2.24) is 20.0 Å². The molecule has 0 aliphatic carbocycles. The molecule has 0 fully saturated rings. The first-order valence-electron chi connectivity index (χ1n) is 8.66. The lowest BCUT2D eigenvalue weighted by atomic mass is 10.2. The molecule has 9 heteroatoms. The third kappa shape index (κ3) is 4.09. The molecule has 0 atom stereocenters. The Kier molecular flexibility index (Phi) is 5.22. The summed E-state index contributed by atoms with van der Waals surface area (Å²) in [7, 11) is 0. The van der Waals surface area contributed by atoms with Gasteiger partial charge >= 0.3 is 0 Å². The van der Waals surface area contributed by atoms with Crippen LogP contribution in [0.25, 0.3) is 16.6 Å². The number of hydrogen-bond acceptors (Lipinski definition) is 5. The van der Waals surface area contributed by atoms with Crippen LogP contribution in [0.1, 0.15) is 5.69 Å². The summed E-state index contributed by atoms with van der Waals surface area (Å²) in [4.78, 5) is 12.3. The zero-order chi connectivity index (χ0) is 20.4. The number of nitrogens with one attached hydrogen (secondary N) is 1. The monoisotopic (exact) mass is 411 g/mol. The molecule has 1 N–H and O–H groups in total. The lowest BCUT2D eigenvalue weighted by Crippen LogP contribution is -2.14. The Morgan fingerprint density at radius 1 is 1.03 bits per heavy atom. The Bertz CT molecular complexity index is 1180. The van der Waals surface area contributed by atoms with Gasteiger partial charge in [0.1, 0.15) is 22.2 Å². The number of halogens is 2. The normalized spacial score (nSPS) is 11.0. The fourth-order valence-corrected chi connectivity index (χ4v) is 3.55. The van der Waals surface area contributed by atoms with E-state index < -0.39 is 0 Å². The quantitative estimate of drug-likeness (QED) is 0.500. The molecule has 0 saturated heterocycles. The van der Waals surface area contributed by atoms with E-state index >= 15 is 0 Å². The SMILES string of the molecule is Cc1nnc(SCC(=O)Nc2ccc(F)cc2)c2c1cnn2-c1ccc(F)cc1. The zero-order valence-electron chi connectivity index (χ0n) is 15.3. The van der Waals surface area contributed by atoms with Gasteiger partial charge in [0.15, 0.2) is 0 Å². The van der Waals surface area contributed by atoms with Crippen LogP contribution in [0.5, 0.6) is 0 Å². The molecule has 0 aliphatic heterocycles. The van der Waals surface area contributed by atoms with E-state index in [1.54, 1.807) is 23.0 Å². The highest BCUT2D eigenvalue weighted by molar-refractivity contribution is 8.00. The Balaban J connectivity index is 1.59. The molecule has 0 saturated carbocycles. The molecule has 0 bridgehead atoms. The van der Waals surface area contributed by atoms with Crippen molar-refractivity contribution < 1.29 is 13.6 Å². The number of hydrogen-bond donors (Lipinski definition) is 1. The maximum absolute atomic E-state index is 13.3. The van der Waals surface area contributed by atoms with Crippen molar-refractivity contribution >= 4 is 34.3 Å². The molecule has 146 valence electrons. The van der Waals surface area contributed by atoms with Crippen LogP contribution < -0.4 is 5.32 Å². The van der Waals surface area contributed by atoms with Crippen LogP contribution in [0, 0.1) is 18.6 Å². The van der Waals surface area contributed by atoms with Crippen molar-refractivity contribution in [1.29, 1.82) is 0 Å². The summed E-state index contributed by atoms with van der Waals surface area (Å²) in [5.41, 5.74) is 2.58. The van der Waals surface area contributed by atoms with Crippen LogP contribution in [-0.2, 0) is 4.79 Å². The number of amides is 1. The first kappa shape index (κ1) is 19.0. The maximum atomic E-state index is 13.3. The summed E-state index contributed by atoms with van der Waals surface area (Å²) in [6, 6.07) is 11.5. The summed E-state index contributed by atoms with van der Waals surface area (Å²) < 4.78 is 27.9. The molecule has 0 unspecified atom stereocenters. The Morgan fingerprint density at radius 2 is 1.69 bits per heavy atom. The van der Waals surface area contributed by atoms with E-state index in [9.17, 15) is 13.6 Å². The van der Waals surface area contributed by atoms with Gasteiger partial charge in [0.2, 0.25) is 5.91 Å². The van der Waals surface area contributed by atoms with Crippen LogP contribution in [0.3, 0.4) is 0 Å². The number of fused-ring (bicyclic) bond motifs is 1. The number of thioether (sulfide) groups is 1. The van der Waals surface area contributed by atoms with Gasteiger partial charge in [0.25, 0.3) is 0 Å². The number of aryl methyl sites for hydroxylation is 1. The second kappa shape index (κ2) is 7.96. The molecule has 0 radical (unpaired) electrons. The Labute approximate surface area is 169 Å². The lowest BCUT2D eigenvalue weighted by molar-refractivity contribution is -0.113. The standard InChI is InChI=1S/C20H15F2N5OS/c1-12-17-10-23-27(16-8-4-14(22)5-9-16)19(17)20(26-25-12)29-11-18(28)24-15-6-2-13(21)3-7-15/h2-10H,11H2,1H3,(H,24,28). The molecule has 2 aromatic carbocycles. The van der Waals surface area contributed by atoms with Gasteiger partial charge in [-0.25, -0.2) is 13.5 Å². The summed E-state index contributed by atoms with van der Waals surface area (Å²) in [5.74, 6) is -0.888. The highest BCUT2D eigenvalue weighted by Crippen LogP contribution is 2.29. The van der Waals surface area contributed by atoms with Gasteiger partial charge in [-0.15, -0.1) is 5.10 Å². The minimum atomic E-state index is -0.372.